The molecule has 70 valence electrons. The highest BCUT2D eigenvalue weighted by atomic mass is 16.3. The van der Waals surface area contributed by atoms with Crippen molar-refractivity contribution in [1.82, 2.24) is 5.32 Å². The number of carbonyl (C=O) groups is 1. The second-order valence-corrected chi connectivity index (χ2v) is 2.43. The van der Waals surface area contributed by atoms with Gasteiger partial charge in [-0.15, -0.1) is 0 Å². The van der Waals surface area contributed by atoms with Gasteiger partial charge in [0.1, 0.15) is 0 Å². The predicted octanol–water partition coefficient (Wildman–Crippen LogP) is -0.578. The Morgan fingerprint density at radius 2 is 1.92 bits per heavy atom. The quantitative estimate of drug-likeness (QED) is 0.471. The molecule has 0 aliphatic heterocycles. The zero-order chi connectivity index (χ0) is 9.40. The average molecular weight is 173 g/mol. The molecule has 0 bridgehead atoms. The van der Waals surface area contributed by atoms with Crippen molar-refractivity contribution in [2.75, 3.05) is 13.2 Å². The Hall–Kier alpha value is -0.870. The number of aliphatic hydroxyl groups is 2. The number of aliphatic hydroxyl groups excluding tert-OH is 2. The number of hydrogen-bond donors (Lipinski definition) is 3. The molecule has 3 N–H and O–H groups in total. The van der Waals surface area contributed by atoms with Gasteiger partial charge in [-0.3, -0.25) is 4.79 Å². The van der Waals surface area contributed by atoms with Crippen LogP contribution in [0.4, 0.5) is 0 Å². The minimum Gasteiger partial charge on any atom is -0.396 e. The van der Waals surface area contributed by atoms with E-state index in [1.54, 1.807) is 0 Å². The molecule has 0 rings (SSSR count). The van der Waals surface area contributed by atoms with Gasteiger partial charge in [-0.1, -0.05) is 6.58 Å². The van der Waals surface area contributed by atoms with Gasteiger partial charge in [-0.2, -0.15) is 0 Å². The number of carbonyl (C=O) groups excluding carboxylic acids is 1. The normalized spacial score (nSPS) is 9.92. The van der Waals surface area contributed by atoms with Crippen molar-refractivity contribution in [2.45, 2.75) is 18.9 Å². The van der Waals surface area contributed by atoms with E-state index in [1.165, 1.54) is 6.08 Å². The summed E-state index contributed by atoms with van der Waals surface area (Å²) < 4.78 is 0. The Balaban J connectivity index is 3.76. The highest BCUT2D eigenvalue weighted by molar-refractivity contribution is 5.87. The summed E-state index contributed by atoms with van der Waals surface area (Å²) in [6, 6.07) is -0.162. The maximum absolute atomic E-state index is 10.8. The lowest BCUT2D eigenvalue weighted by molar-refractivity contribution is -0.117. The Morgan fingerprint density at radius 1 is 1.42 bits per heavy atom. The Morgan fingerprint density at radius 3 is 2.25 bits per heavy atom. The molecule has 12 heavy (non-hydrogen) atoms. The van der Waals surface area contributed by atoms with Crippen molar-refractivity contribution in [3.63, 3.8) is 0 Å². The van der Waals surface area contributed by atoms with Crippen molar-refractivity contribution < 1.29 is 15.0 Å². The second kappa shape index (κ2) is 6.82. The van der Waals surface area contributed by atoms with Crippen LogP contribution in [-0.4, -0.2) is 35.4 Å². The molecule has 4 heteroatoms. The first-order chi connectivity index (χ1) is 5.74. The first kappa shape index (κ1) is 11.1. The van der Waals surface area contributed by atoms with Gasteiger partial charge in [0.05, 0.1) is 0 Å². The van der Waals surface area contributed by atoms with Gasteiger partial charge in [0.25, 0.3) is 0 Å². The molecule has 0 aromatic carbocycles. The summed E-state index contributed by atoms with van der Waals surface area (Å²) in [6.45, 7) is 3.30. The molecule has 0 aromatic heterocycles. The fourth-order valence-electron chi connectivity index (χ4n) is 0.860. The molecule has 0 aliphatic rings. The van der Waals surface area contributed by atoms with E-state index >= 15 is 0 Å². The molecule has 0 fully saturated rings. The van der Waals surface area contributed by atoms with Crippen LogP contribution in [0.25, 0.3) is 0 Å². The van der Waals surface area contributed by atoms with Crippen molar-refractivity contribution >= 4 is 5.91 Å². The monoisotopic (exact) mass is 173 g/mol. The summed E-state index contributed by atoms with van der Waals surface area (Å²) in [5.74, 6) is -0.276. The Bertz CT molecular complexity index is 141. The van der Waals surface area contributed by atoms with E-state index in [9.17, 15) is 4.79 Å². The van der Waals surface area contributed by atoms with Gasteiger partial charge in [0, 0.05) is 19.3 Å². The van der Waals surface area contributed by atoms with E-state index in [2.05, 4.69) is 11.9 Å². The van der Waals surface area contributed by atoms with E-state index in [0.717, 1.165) is 0 Å². The van der Waals surface area contributed by atoms with E-state index < -0.39 is 0 Å². The van der Waals surface area contributed by atoms with Crippen LogP contribution in [0, 0.1) is 0 Å². The van der Waals surface area contributed by atoms with Crippen LogP contribution in [0.3, 0.4) is 0 Å². The van der Waals surface area contributed by atoms with Crippen molar-refractivity contribution in [2.24, 2.45) is 0 Å². The van der Waals surface area contributed by atoms with Crippen molar-refractivity contribution in [3.8, 4) is 0 Å². The lowest BCUT2D eigenvalue weighted by atomic mass is 10.1. The van der Waals surface area contributed by atoms with Crippen LogP contribution < -0.4 is 5.32 Å². The largest absolute Gasteiger partial charge is 0.396 e. The summed E-state index contributed by atoms with van der Waals surface area (Å²) in [4.78, 5) is 10.8. The van der Waals surface area contributed by atoms with E-state index in [-0.39, 0.29) is 25.2 Å². The summed E-state index contributed by atoms with van der Waals surface area (Å²) in [5.41, 5.74) is 0. The van der Waals surface area contributed by atoms with Gasteiger partial charge in [-0.25, -0.2) is 0 Å². The molecule has 0 spiro atoms. The molecule has 0 saturated carbocycles. The van der Waals surface area contributed by atoms with Crippen LogP contribution in [0.2, 0.25) is 0 Å². The number of rotatable bonds is 6. The first-order valence-electron chi connectivity index (χ1n) is 3.89. The van der Waals surface area contributed by atoms with E-state index in [1.807, 2.05) is 0 Å². The van der Waals surface area contributed by atoms with Crippen LogP contribution in [0.1, 0.15) is 12.8 Å². The zero-order valence-electron chi connectivity index (χ0n) is 6.99. The molecule has 0 saturated heterocycles. The molecule has 0 aliphatic carbocycles. The van der Waals surface area contributed by atoms with Gasteiger partial charge >= 0.3 is 0 Å². The molecule has 0 unspecified atom stereocenters. The average Bonchev–Trinajstić information content (AvgIpc) is 2.05. The molecule has 4 nitrogen and oxygen atoms in total. The number of nitrogens with one attached hydrogen (secondary N) is 1. The van der Waals surface area contributed by atoms with Crippen molar-refractivity contribution in [3.05, 3.63) is 12.7 Å². The minimum absolute atomic E-state index is 0.00207. The van der Waals surface area contributed by atoms with Crippen LogP contribution in [0.15, 0.2) is 12.7 Å². The van der Waals surface area contributed by atoms with Gasteiger partial charge in [-0.05, 0) is 18.9 Å². The molecular weight excluding hydrogens is 158 g/mol. The maximum Gasteiger partial charge on any atom is 0.243 e. The third kappa shape index (κ3) is 4.87. The number of amides is 1. The summed E-state index contributed by atoms with van der Waals surface area (Å²) in [7, 11) is 0. The number of hydrogen-bond acceptors (Lipinski definition) is 3. The standard InChI is InChI=1S/C8H15NO3/c1-2-8(12)9-7(3-5-10)4-6-11/h2,7,10-11H,1,3-6H2,(H,9,12). The fourth-order valence-corrected chi connectivity index (χ4v) is 0.860. The van der Waals surface area contributed by atoms with E-state index in [4.69, 9.17) is 10.2 Å². The molecular formula is C8H15NO3. The summed E-state index contributed by atoms with van der Waals surface area (Å²) in [5, 5.41) is 19.8. The molecule has 0 atom stereocenters. The lowest BCUT2D eigenvalue weighted by Gasteiger charge is -2.14. The van der Waals surface area contributed by atoms with Crippen LogP contribution in [0.5, 0.6) is 0 Å². The van der Waals surface area contributed by atoms with Crippen LogP contribution in [-0.2, 0) is 4.79 Å². The second-order valence-electron chi connectivity index (χ2n) is 2.43. The third-order valence-electron chi connectivity index (χ3n) is 1.49. The summed E-state index contributed by atoms with van der Waals surface area (Å²) >= 11 is 0. The van der Waals surface area contributed by atoms with Crippen LogP contribution >= 0.6 is 0 Å². The van der Waals surface area contributed by atoms with Gasteiger partial charge < -0.3 is 15.5 Å². The maximum atomic E-state index is 10.8. The van der Waals surface area contributed by atoms with E-state index in [0.29, 0.717) is 12.8 Å². The Kier molecular flexibility index (Phi) is 6.32. The SMILES string of the molecule is C=CC(=O)NC(CCO)CCO. The summed E-state index contributed by atoms with van der Waals surface area (Å²) in [6.07, 6.45) is 2.09. The molecule has 0 aromatic rings. The topological polar surface area (TPSA) is 69.6 Å². The molecule has 1 amide bonds. The first-order valence-corrected chi connectivity index (χ1v) is 3.89. The molecule has 0 radical (unpaired) electrons. The van der Waals surface area contributed by atoms with Gasteiger partial charge in [0.2, 0.25) is 5.91 Å². The zero-order valence-corrected chi connectivity index (χ0v) is 6.99. The lowest BCUT2D eigenvalue weighted by Crippen LogP contribution is -2.35. The van der Waals surface area contributed by atoms with Crippen molar-refractivity contribution in [1.29, 1.82) is 0 Å². The fraction of sp³-hybridized carbons (Fsp3) is 0.625. The minimum atomic E-state index is -0.276. The third-order valence-corrected chi connectivity index (χ3v) is 1.49. The van der Waals surface area contributed by atoms with Gasteiger partial charge in [0.15, 0.2) is 0 Å². The highest BCUT2D eigenvalue weighted by Crippen LogP contribution is 1.96. The highest BCUT2D eigenvalue weighted by Gasteiger charge is 2.08. The molecule has 0 heterocycles. The smallest absolute Gasteiger partial charge is 0.243 e. The predicted molar refractivity (Wildman–Crippen MR) is 45.5 cm³/mol. The Labute approximate surface area is 71.9 Å².